The van der Waals surface area contributed by atoms with E-state index in [2.05, 4.69) is 71.1 Å². The quantitative estimate of drug-likeness (QED) is 0.211. The van der Waals surface area contributed by atoms with E-state index >= 15 is 0 Å². The van der Waals surface area contributed by atoms with E-state index in [1.165, 1.54) is 46.7 Å². The molecule has 160 valence electrons. The molecular formula is C25H39N3S. The summed E-state index contributed by atoms with van der Waals surface area (Å²) in [6.45, 7) is 15.3. The summed E-state index contributed by atoms with van der Waals surface area (Å²) in [5, 5.41) is 4.61. The lowest BCUT2D eigenvalue weighted by Crippen LogP contribution is -2.15. The summed E-state index contributed by atoms with van der Waals surface area (Å²) in [5.41, 5.74) is 6.17. The summed E-state index contributed by atoms with van der Waals surface area (Å²) >= 11 is 1.90. The number of nitrogens with one attached hydrogen (secondary N) is 1. The number of benzene rings is 1. The molecule has 1 aliphatic rings. The van der Waals surface area contributed by atoms with Crippen LogP contribution in [0, 0.1) is 12.8 Å². The standard InChI is InChI=1S/C25H39N3S/c1-7-10-15-29-25(28-24(9-3)18(4)8-2)23-12-11-22(16-19(23)5)27-20(6)21-13-14-26-17-21/h8,11-12,16,21,24,26H,7,9-10,13-15,17H2,1-6H3. The Kier molecular flexibility index (Phi) is 10.2. The van der Waals surface area contributed by atoms with Gasteiger partial charge in [-0.3, -0.25) is 9.98 Å². The molecule has 1 N–H and O–H groups in total. The Morgan fingerprint density at radius 1 is 1.31 bits per heavy atom. The molecule has 2 rings (SSSR count). The number of rotatable bonds is 9. The van der Waals surface area contributed by atoms with Gasteiger partial charge in [-0.05, 0) is 83.0 Å². The van der Waals surface area contributed by atoms with Crippen molar-refractivity contribution in [2.24, 2.45) is 15.9 Å². The van der Waals surface area contributed by atoms with Gasteiger partial charge in [0.25, 0.3) is 0 Å². The van der Waals surface area contributed by atoms with Gasteiger partial charge in [0.15, 0.2) is 0 Å². The molecule has 2 atom stereocenters. The summed E-state index contributed by atoms with van der Waals surface area (Å²) < 4.78 is 0. The first-order valence-electron chi connectivity index (χ1n) is 11.2. The molecule has 1 aromatic rings. The van der Waals surface area contributed by atoms with Gasteiger partial charge in [0, 0.05) is 23.7 Å². The summed E-state index contributed by atoms with van der Waals surface area (Å²) in [5.74, 6) is 1.69. The van der Waals surface area contributed by atoms with Crippen LogP contribution < -0.4 is 5.32 Å². The van der Waals surface area contributed by atoms with Crippen molar-refractivity contribution < 1.29 is 0 Å². The minimum Gasteiger partial charge on any atom is -0.316 e. The van der Waals surface area contributed by atoms with Crippen molar-refractivity contribution in [2.45, 2.75) is 73.3 Å². The van der Waals surface area contributed by atoms with Crippen molar-refractivity contribution in [2.75, 3.05) is 18.8 Å². The first-order valence-corrected chi connectivity index (χ1v) is 12.2. The highest BCUT2D eigenvalue weighted by atomic mass is 32.2. The minimum atomic E-state index is 0.262. The Balaban J connectivity index is 2.31. The number of hydrogen-bond acceptors (Lipinski definition) is 4. The highest BCUT2D eigenvalue weighted by Crippen LogP contribution is 2.26. The smallest absolute Gasteiger partial charge is 0.0986 e. The van der Waals surface area contributed by atoms with Crippen molar-refractivity contribution in [1.82, 2.24) is 5.32 Å². The topological polar surface area (TPSA) is 36.8 Å². The number of unbranched alkanes of at least 4 members (excludes halogenated alkanes) is 1. The fourth-order valence-electron chi connectivity index (χ4n) is 3.61. The summed E-state index contributed by atoms with van der Waals surface area (Å²) in [7, 11) is 0. The lowest BCUT2D eigenvalue weighted by Gasteiger charge is -2.16. The Hall–Kier alpha value is -1.39. The molecule has 1 aromatic carbocycles. The maximum atomic E-state index is 5.19. The van der Waals surface area contributed by atoms with Gasteiger partial charge in [0.05, 0.1) is 16.8 Å². The molecule has 1 aliphatic heterocycles. The Morgan fingerprint density at radius 2 is 2.10 bits per heavy atom. The fraction of sp³-hybridized carbons (Fsp3) is 0.600. The molecule has 0 radical (unpaired) electrons. The van der Waals surface area contributed by atoms with Gasteiger partial charge < -0.3 is 5.32 Å². The zero-order valence-corrected chi connectivity index (χ0v) is 20.0. The van der Waals surface area contributed by atoms with Gasteiger partial charge in [0.1, 0.15) is 0 Å². The molecule has 1 saturated heterocycles. The molecule has 4 heteroatoms. The largest absolute Gasteiger partial charge is 0.316 e. The van der Waals surface area contributed by atoms with Crippen LogP contribution >= 0.6 is 11.8 Å². The molecule has 0 bridgehead atoms. The number of allylic oxidation sites excluding steroid dienone is 1. The average molecular weight is 414 g/mol. The first-order chi connectivity index (χ1) is 14.0. The SMILES string of the molecule is CC=C(C)C(CC)N=C(SCCCC)c1ccc(N=C(C)C2CCNC2)cc1C. The van der Waals surface area contributed by atoms with E-state index in [-0.39, 0.29) is 6.04 Å². The Labute approximate surface area is 182 Å². The summed E-state index contributed by atoms with van der Waals surface area (Å²) in [6, 6.07) is 6.87. The number of thioether (sulfide) groups is 1. The van der Waals surface area contributed by atoms with Crippen molar-refractivity contribution in [3.05, 3.63) is 41.0 Å². The maximum Gasteiger partial charge on any atom is 0.0986 e. The molecule has 3 nitrogen and oxygen atoms in total. The second kappa shape index (κ2) is 12.3. The number of aryl methyl sites for hydroxylation is 1. The van der Waals surface area contributed by atoms with E-state index in [0.717, 1.165) is 31.0 Å². The van der Waals surface area contributed by atoms with E-state index < -0.39 is 0 Å². The highest BCUT2D eigenvalue weighted by Gasteiger charge is 2.17. The highest BCUT2D eigenvalue weighted by molar-refractivity contribution is 8.14. The number of aliphatic imine (C=N–C) groups is 2. The molecule has 0 aromatic heterocycles. The van der Waals surface area contributed by atoms with Crippen molar-refractivity contribution in [3.63, 3.8) is 0 Å². The number of nitrogens with zero attached hydrogens (tertiary/aromatic N) is 2. The zero-order valence-electron chi connectivity index (χ0n) is 19.2. The van der Waals surface area contributed by atoms with Crippen molar-refractivity contribution >= 4 is 28.2 Å². The summed E-state index contributed by atoms with van der Waals surface area (Å²) in [6.07, 6.45) is 6.85. The van der Waals surface area contributed by atoms with Gasteiger partial charge in [-0.2, -0.15) is 0 Å². The van der Waals surface area contributed by atoms with Gasteiger partial charge in [-0.25, -0.2) is 0 Å². The van der Waals surface area contributed by atoms with Crippen molar-refractivity contribution in [3.8, 4) is 0 Å². The molecule has 2 unspecified atom stereocenters. The monoisotopic (exact) mass is 413 g/mol. The third-order valence-electron chi connectivity index (χ3n) is 5.77. The van der Waals surface area contributed by atoms with Gasteiger partial charge in [-0.15, -0.1) is 11.8 Å². The second-order valence-electron chi connectivity index (χ2n) is 8.04. The van der Waals surface area contributed by atoms with Gasteiger partial charge in [0.2, 0.25) is 0 Å². The molecule has 0 amide bonds. The lowest BCUT2D eigenvalue weighted by molar-refractivity contribution is 0.743. The van der Waals surface area contributed by atoms with Gasteiger partial charge >= 0.3 is 0 Å². The van der Waals surface area contributed by atoms with Crippen LogP contribution in [0.15, 0.2) is 39.8 Å². The van der Waals surface area contributed by atoms with E-state index in [9.17, 15) is 0 Å². The molecule has 1 heterocycles. The number of hydrogen-bond donors (Lipinski definition) is 1. The van der Waals surface area contributed by atoms with E-state index in [0.29, 0.717) is 5.92 Å². The maximum absolute atomic E-state index is 5.19. The minimum absolute atomic E-state index is 0.262. The van der Waals surface area contributed by atoms with Crippen LogP contribution in [0.1, 0.15) is 71.4 Å². The molecule has 0 aliphatic carbocycles. The fourth-order valence-corrected chi connectivity index (χ4v) is 4.82. The van der Waals surface area contributed by atoms with E-state index in [1.54, 1.807) is 0 Å². The van der Waals surface area contributed by atoms with Crippen LogP contribution in [-0.4, -0.2) is 35.6 Å². The van der Waals surface area contributed by atoms with Crippen LogP contribution in [-0.2, 0) is 0 Å². The molecule has 0 saturated carbocycles. The average Bonchev–Trinajstić information content (AvgIpc) is 3.25. The third kappa shape index (κ3) is 7.11. The predicted octanol–water partition coefficient (Wildman–Crippen LogP) is 6.72. The molecule has 29 heavy (non-hydrogen) atoms. The Bertz CT molecular complexity index is 742. The molecular weight excluding hydrogens is 374 g/mol. The predicted molar refractivity (Wildman–Crippen MR) is 132 cm³/mol. The van der Waals surface area contributed by atoms with E-state index in [1.807, 2.05) is 11.8 Å². The van der Waals surface area contributed by atoms with Crippen LogP contribution in [0.4, 0.5) is 5.69 Å². The van der Waals surface area contributed by atoms with Crippen LogP contribution in [0.5, 0.6) is 0 Å². The normalized spacial score (nSPS) is 19.7. The van der Waals surface area contributed by atoms with Crippen molar-refractivity contribution in [1.29, 1.82) is 0 Å². The second-order valence-corrected chi connectivity index (χ2v) is 9.12. The Morgan fingerprint density at radius 3 is 2.69 bits per heavy atom. The van der Waals surface area contributed by atoms with Crippen LogP contribution in [0.2, 0.25) is 0 Å². The first kappa shape index (κ1) is 23.9. The molecule has 0 spiro atoms. The summed E-state index contributed by atoms with van der Waals surface area (Å²) in [4.78, 5) is 10.1. The lowest BCUT2D eigenvalue weighted by atomic mass is 10.0. The van der Waals surface area contributed by atoms with Crippen LogP contribution in [0.3, 0.4) is 0 Å². The third-order valence-corrected chi connectivity index (χ3v) is 6.87. The van der Waals surface area contributed by atoms with Crippen LogP contribution in [0.25, 0.3) is 0 Å². The zero-order chi connectivity index (χ0) is 21.2. The van der Waals surface area contributed by atoms with Gasteiger partial charge in [-0.1, -0.05) is 31.9 Å². The van der Waals surface area contributed by atoms with E-state index in [4.69, 9.17) is 9.98 Å². The molecule has 1 fully saturated rings.